The van der Waals surface area contributed by atoms with Crippen molar-refractivity contribution >= 4 is 5.91 Å². The van der Waals surface area contributed by atoms with Gasteiger partial charge in [-0.2, -0.15) is 0 Å². The van der Waals surface area contributed by atoms with Crippen LogP contribution in [-0.2, 0) is 4.79 Å². The number of fused-ring (bicyclic) bond motifs is 1. The molecule has 0 aromatic rings. The predicted octanol–water partition coefficient (Wildman–Crippen LogP) is 0.0507. The maximum Gasteiger partial charge on any atom is 0.237 e. The number of hydrogen-bond donors (Lipinski definition) is 2. The molecule has 1 unspecified atom stereocenters. The lowest BCUT2D eigenvalue weighted by atomic mass is 10.0. The summed E-state index contributed by atoms with van der Waals surface area (Å²) in [5.74, 6) is 1.69. The summed E-state index contributed by atoms with van der Waals surface area (Å²) in [6.45, 7) is 10.4. The summed E-state index contributed by atoms with van der Waals surface area (Å²) >= 11 is 0. The number of likely N-dealkylation sites (tertiary alicyclic amines) is 1. The quantitative estimate of drug-likeness (QED) is 0.713. The highest BCUT2D eigenvalue weighted by molar-refractivity contribution is 5.81. The van der Waals surface area contributed by atoms with E-state index in [1.807, 2.05) is 20.8 Å². The molecule has 4 nitrogen and oxygen atoms in total. The third kappa shape index (κ3) is 2.38. The Morgan fingerprint density at radius 3 is 2.31 bits per heavy atom. The van der Waals surface area contributed by atoms with E-state index in [1.54, 1.807) is 0 Å². The van der Waals surface area contributed by atoms with Crippen LogP contribution in [0.2, 0.25) is 0 Å². The minimum atomic E-state index is 0.0213. The van der Waals surface area contributed by atoms with Crippen LogP contribution in [-0.4, -0.2) is 49.1 Å². The zero-order chi connectivity index (χ0) is 11.7. The van der Waals surface area contributed by atoms with Crippen LogP contribution < -0.4 is 10.6 Å². The molecule has 1 amide bonds. The molecule has 4 heteroatoms. The average Bonchev–Trinajstić information content (AvgIpc) is 2.74. The fourth-order valence-electron chi connectivity index (χ4n) is 2.78. The Bertz CT molecular complexity index is 255. The van der Waals surface area contributed by atoms with E-state index in [2.05, 4.69) is 15.5 Å². The van der Waals surface area contributed by atoms with Crippen molar-refractivity contribution in [1.29, 1.82) is 0 Å². The smallest absolute Gasteiger partial charge is 0.237 e. The molecule has 0 aliphatic carbocycles. The number of nitrogens with one attached hydrogen (secondary N) is 2. The summed E-state index contributed by atoms with van der Waals surface area (Å²) in [6, 6.07) is 0.256. The number of carbonyl (C=O) groups is 1. The van der Waals surface area contributed by atoms with E-state index in [4.69, 9.17) is 0 Å². The highest BCUT2D eigenvalue weighted by atomic mass is 16.2. The maximum absolute atomic E-state index is 11.9. The van der Waals surface area contributed by atoms with Gasteiger partial charge >= 0.3 is 0 Å². The van der Waals surface area contributed by atoms with Gasteiger partial charge in [0.2, 0.25) is 5.91 Å². The molecule has 2 saturated heterocycles. The molecule has 0 bridgehead atoms. The van der Waals surface area contributed by atoms with Crippen LogP contribution in [0.3, 0.4) is 0 Å². The summed E-state index contributed by atoms with van der Waals surface area (Å²) in [4.78, 5) is 14.2. The minimum Gasteiger partial charge on any atom is -0.353 e. The van der Waals surface area contributed by atoms with Crippen LogP contribution >= 0.6 is 0 Å². The lowest BCUT2D eigenvalue weighted by Gasteiger charge is -2.25. The molecule has 92 valence electrons. The Kier molecular flexibility index (Phi) is 3.50. The summed E-state index contributed by atoms with van der Waals surface area (Å²) in [5.41, 5.74) is 0. The molecule has 3 atom stereocenters. The second-order valence-corrected chi connectivity index (χ2v) is 5.47. The van der Waals surface area contributed by atoms with Crippen molar-refractivity contribution in [2.24, 2.45) is 11.8 Å². The summed E-state index contributed by atoms with van der Waals surface area (Å²) in [6.07, 6.45) is 0. The Balaban J connectivity index is 1.86. The molecule has 2 heterocycles. The van der Waals surface area contributed by atoms with Gasteiger partial charge in [0, 0.05) is 19.1 Å². The number of nitrogens with zero attached hydrogens (tertiary/aromatic N) is 1. The molecule has 2 N–H and O–H groups in total. The average molecular weight is 225 g/mol. The maximum atomic E-state index is 11.9. The lowest BCUT2D eigenvalue weighted by molar-refractivity contribution is -0.126. The van der Waals surface area contributed by atoms with Crippen molar-refractivity contribution in [2.75, 3.05) is 26.2 Å². The third-order valence-electron chi connectivity index (χ3n) is 3.78. The highest BCUT2D eigenvalue weighted by Crippen LogP contribution is 2.27. The van der Waals surface area contributed by atoms with Gasteiger partial charge in [0.1, 0.15) is 0 Å². The van der Waals surface area contributed by atoms with E-state index in [-0.39, 0.29) is 18.0 Å². The van der Waals surface area contributed by atoms with Crippen LogP contribution in [0.1, 0.15) is 20.8 Å². The molecule has 0 radical (unpaired) electrons. The van der Waals surface area contributed by atoms with Gasteiger partial charge in [0.05, 0.1) is 6.04 Å². The van der Waals surface area contributed by atoms with E-state index in [0.29, 0.717) is 0 Å². The molecule has 2 aliphatic heterocycles. The summed E-state index contributed by atoms with van der Waals surface area (Å²) in [5, 5.41) is 6.41. The zero-order valence-electron chi connectivity index (χ0n) is 10.5. The molecular formula is C12H23N3O. The largest absolute Gasteiger partial charge is 0.353 e. The molecule has 16 heavy (non-hydrogen) atoms. The summed E-state index contributed by atoms with van der Waals surface area (Å²) in [7, 11) is 0. The first-order valence-electron chi connectivity index (χ1n) is 6.33. The first-order valence-corrected chi connectivity index (χ1v) is 6.33. The van der Waals surface area contributed by atoms with Crippen molar-refractivity contribution in [3.8, 4) is 0 Å². The number of amides is 1. The predicted molar refractivity (Wildman–Crippen MR) is 64.2 cm³/mol. The van der Waals surface area contributed by atoms with E-state index in [9.17, 15) is 4.79 Å². The van der Waals surface area contributed by atoms with Gasteiger partial charge in [-0.1, -0.05) is 0 Å². The first kappa shape index (κ1) is 11.9. The first-order chi connectivity index (χ1) is 7.58. The molecular weight excluding hydrogens is 202 g/mol. The van der Waals surface area contributed by atoms with Gasteiger partial charge in [0.25, 0.3) is 0 Å². The number of rotatable bonds is 3. The Morgan fingerprint density at radius 2 is 1.81 bits per heavy atom. The summed E-state index contributed by atoms with van der Waals surface area (Å²) < 4.78 is 0. The van der Waals surface area contributed by atoms with Crippen molar-refractivity contribution in [1.82, 2.24) is 15.5 Å². The molecule has 0 aromatic carbocycles. The van der Waals surface area contributed by atoms with E-state index >= 15 is 0 Å². The molecule has 0 spiro atoms. The SMILES string of the molecule is CC(C)NC(=O)C(C)N1C[C@H]2CNC[C@H]2C1. The van der Waals surface area contributed by atoms with Gasteiger partial charge < -0.3 is 10.6 Å². The Hall–Kier alpha value is -0.610. The van der Waals surface area contributed by atoms with Gasteiger partial charge in [-0.05, 0) is 45.7 Å². The Morgan fingerprint density at radius 1 is 1.25 bits per heavy atom. The molecule has 2 aliphatic rings. The van der Waals surface area contributed by atoms with Gasteiger partial charge in [-0.15, -0.1) is 0 Å². The number of carbonyl (C=O) groups excluding carboxylic acids is 1. The lowest BCUT2D eigenvalue weighted by Crippen LogP contribution is -2.46. The van der Waals surface area contributed by atoms with Gasteiger partial charge in [-0.25, -0.2) is 0 Å². The van der Waals surface area contributed by atoms with Crippen molar-refractivity contribution < 1.29 is 4.79 Å². The minimum absolute atomic E-state index is 0.0213. The van der Waals surface area contributed by atoms with Crippen LogP contribution in [0, 0.1) is 11.8 Å². The van der Waals surface area contributed by atoms with Gasteiger partial charge in [0.15, 0.2) is 0 Å². The molecule has 0 aromatic heterocycles. The van der Waals surface area contributed by atoms with Crippen molar-refractivity contribution in [3.05, 3.63) is 0 Å². The molecule has 2 rings (SSSR count). The Labute approximate surface area is 97.8 Å². The van der Waals surface area contributed by atoms with Crippen molar-refractivity contribution in [3.63, 3.8) is 0 Å². The fourth-order valence-corrected chi connectivity index (χ4v) is 2.78. The highest BCUT2D eigenvalue weighted by Gasteiger charge is 2.39. The van der Waals surface area contributed by atoms with Crippen LogP contribution in [0.15, 0.2) is 0 Å². The van der Waals surface area contributed by atoms with Crippen LogP contribution in [0.4, 0.5) is 0 Å². The number of hydrogen-bond acceptors (Lipinski definition) is 3. The molecule has 0 saturated carbocycles. The fraction of sp³-hybridized carbons (Fsp3) is 0.917. The monoisotopic (exact) mass is 225 g/mol. The standard InChI is InChI=1S/C12H23N3O/c1-8(2)14-12(16)9(3)15-6-10-4-13-5-11(10)7-15/h8-11,13H,4-7H2,1-3H3,(H,14,16)/t9?,10-,11+. The molecule has 2 fully saturated rings. The third-order valence-corrected chi connectivity index (χ3v) is 3.78. The van der Waals surface area contributed by atoms with Crippen molar-refractivity contribution in [2.45, 2.75) is 32.9 Å². The second-order valence-electron chi connectivity index (χ2n) is 5.47. The zero-order valence-corrected chi connectivity index (χ0v) is 10.5. The van der Waals surface area contributed by atoms with Crippen LogP contribution in [0.25, 0.3) is 0 Å². The topological polar surface area (TPSA) is 44.4 Å². The second kappa shape index (κ2) is 4.72. The van der Waals surface area contributed by atoms with E-state index < -0.39 is 0 Å². The van der Waals surface area contributed by atoms with Gasteiger partial charge in [-0.3, -0.25) is 9.69 Å². The normalized spacial score (nSPS) is 31.8. The van der Waals surface area contributed by atoms with Crippen LogP contribution in [0.5, 0.6) is 0 Å². The van der Waals surface area contributed by atoms with E-state index in [1.165, 1.54) is 0 Å². The van der Waals surface area contributed by atoms with E-state index in [0.717, 1.165) is 38.0 Å².